The number of aromatic nitrogens is 2. The molecule has 0 saturated heterocycles. The lowest BCUT2D eigenvalue weighted by Gasteiger charge is -2.15. The number of fused-ring (bicyclic) bond motifs is 1. The second kappa shape index (κ2) is 4.35. The number of hydrogen-bond donors (Lipinski definition) is 0. The summed E-state index contributed by atoms with van der Waals surface area (Å²) in [7, 11) is 0. The molecule has 1 aliphatic carbocycles. The molecule has 1 aromatic heterocycles. The van der Waals surface area contributed by atoms with E-state index in [4.69, 9.17) is 23.2 Å². The minimum atomic E-state index is -0.440. The Balaban J connectivity index is 2.19. The number of halogens is 3. The van der Waals surface area contributed by atoms with Crippen LogP contribution in [0.2, 0.25) is 5.02 Å². The van der Waals surface area contributed by atoms with Gasteiger partial charge in [-0.05, 0) is 31.2 Å². The van der Waals surface area contributed by atoms with Crippen molar-refractivity contribution in [2.75, 3.05) is 0 Å². The van der Waals surface area contributed by atoms with Gasteiger partial charge >= 0.3 is 0 Å². The Hall–Kier alpha value is -0.800. The Morgan fingerprint density at radius 2 is 2.16 bits per heavy atom. The van der Waals surface area contributed by atoms with Crippen molar-refractivity contribution >= 4 is 34.2 Å². The van der Waals surface area contributed by atoms with E-state index in [-0.39, 0.29) is 10.4 Å². The summed E-state index contributed by atoms with van der Waals surface area (Å²) in [6.07, 6.45) is 2.41. The van der Waals surface area contributed by atoms with Crippen LogP contribution in [0.15, 0.2) is 12.1 Å². The van der Waals surface area contributed by atoms with E-state index in [1.807, 2.05) is 6.92 Å². The molecule has 1 aromatic carbocycles. The summed E-state index contributed by atoms with van der Waals surface area (Å²) in [6, 6.07) is 3.03. The maximum Gasteiger partial charge on any atom is 0.144 e. The first-order chi connectivity index (χ1) is 8.89. The quantitative estimate of drug-likeness (QED) is 0.735. The molecular formula is C14H15Cl2FN2. The third-order valence-electron chi connectivity index (χ3n) is 3.82. The highest BCUT2D eigenvalue weighted by Crippen LogP contribution is 2.47. The van der Waals surface area contributed by atoms with Gasteiger partial charge in [0.25, 0.3) is 0 Å². The summed E-state index contributed by atoms with van der Waals surface area (Å²) in [5, 5.41) is -0.0834. The summed E-state index contributed by atoms with van der Waals surface area (Å²) in [4.78, 5) is 4.46. The number of rotatable bonds is 3. The summed E-state index contributed by atoms with van der Waals surface area (Å²) < 4.78 is 15.6. The molecule has 1 aliphatic rings. The molecule has 0 radical (unpaired) electrons. The zero-order valence-electron chi connectivity index (χ0n) is 10.9. The minimum absolute atomic E-state index is 0.128. The first kappa shape index (κ1) is 13.2. The van der Waals surface area contributed by atoms with Gasteiger partial charge in [-0.25, -0.2) is 9.37 Å². The molecule has 0 bridgehead atoms. The molecule has 0 spiro atoms. The highest BCUT2D eigenvalue weighted by molar-refractivity contribution is 6.31. The molecule has 1 heterocycles. The van der Waals surface area contributed by atoms with E-state index in [9.17, 15) is 4.39 Å². The minimum Gasteiger partial charge on any atom is -0.326 e. The molecule has 2 nitrogen and oxygen atoms in total. The fourth-order valence-corrected chi connectivity index (χ4v) is 2.69. The molecule has 19 heavy (non-hydrogen) atoms. The van der Waals surface area contributed by atoms with E-state index in [1.54, 1.807) is 6.07 Å². The van der Waals surface area contributed by atoms with Crippen molar-refractivity contribution in [2.45, 2.75) is 38.6 Å². The SMILES string of the molecule is CC(Cl)c1nc2cc(F)c(Cl)cc2n1CC1(C)CC1. The van der Waals surface area contributed by atoms with Gasteiger partial charge in [-0.1, -0.05) is 18.5 Å². The van der Waals surface area contributed by atoms with Gasteiger partial charge in [0, 0.05) is 12.6 Å². The topological polar surface area (TPSA) is 17.8 Å². The molecule has 1 unspecified atom stereocenters. The standard InChI is InChI=1S/C14H15Cl2FN2/c1-8(15)13-18-11-6-10(17)9(16)5-12(11)19(13)7-14(2)3-4-14/h5-6,8H,3-4,7H2,1-2H3. The molecule has 3 rings (SSSR count). The van der Waals surface area contributed by atoms with Gasteiger partial charge < -0.3 is 4.57 Å². The first-order valence-electron chi connectivity index (χ1n) is 6.39. The lowest BCUT2D eigenvalue weighted by atomic mass is 10.1. The summed E-state index contributed by atoms with van der Waals surface area (Å²) in [5.41, 5.74) is 1.80. The lowest BCUT2D eigenvalue weighted by Crippen LogP contribution is -2.11. The first-order valence-corrected chi connectivity index (χ1v) is 7.20. The summed E-state index contributed by atoms with van der Waals surface area (Å²) in [5.74, 6) is 0.344. The van der Waals surface area contributed by atoms with E-state index < -0.39 is 5.82 Å². The summed E-state index contributed by atoms with van der Waals surface area (Å²) >= 11 is 12.1. The maximum atomic E-state index is 13.5. The van der Waals surface area contributed by atoms with Crippen molar-refractivity contribution < 1.29 is 4.39 Å². The van der Waals surface area contributed by atoms with Crippen molar-refractivity contribution in [2.24, 2.45) is 5.41 Å². The van der Waals surface area contributed by atoms with Gasteiger partial charge in [-0.15, -0.1) is 11.6 Å². The van der Waals surface area contributed by atoms with Crippen molar-refractivity contribution in [1.29, 1.82) is 0 Å². The Bertz CT molecular complexity index is 644. The third-order valence-corrected chi connectivity index (χ3v) is 4.30. The Kier molecular flexibility index (Phi) is 3.02. The predicted octanol–water partition coefficient (Wildman–Crippen LogP) is 4.93. The number of hydrogen-bond acceptors (Lipinski definition) is 1. The average molecular weight is 301 g/mol. The number of alkyl halides is 1. The van der Waals surface area contributed by atoms with Crippen LogP contribution >= 0.6 is 23.2 Å². The van der Waals surface area contributed by atoms with Crippen LogP contribution < -0.4 is 0 Å². The predicted molar refractivity (Wildman–Crippen MR) is 76.3 cm³/mol. The zero-order chi connectivity index (χ0) is 13.8. The van der Waals surface area contributed by atoms with Gasteiger partial charge in [-0.3, -0.25) is 0 Å². The third kappa shape index (κ3) is 2.34. The molecule has 0 amide bonds. The van der Waals surface area contributed by atoms with Crippen LogP contribution in [0, 0.1) is 11.2 Å². The molecule has 1 atom stereocenters. The highest BCUT2D eigenvalue weighted by atomic mass is 35.5. The van der Waals surface area contributed by atoms with Gasteiger partial charge in [0.15, 0.2) is 0 Å². The van der Waals surface area contributed by atoms with Crippen LogP contribution in [-0.2, 0) is 6.54 Å². The second-order valence-electron chi connectivity index (χ2n) is 5.74. The van der Waals surface area contributed by atoms with Crippen LogP contribution in [0.5, 0.6) is 0 Å². The van der Waals surface area contributed by atoms with E-state index in [0.29, 0.717) is 10.9 Å². The Morgan fingerprint density at radius 1 is 1.47 bits per heavy atom. The van der Waals surface area contributed by atoms with Gasteiger partial charge in [0.05, 0.1) is 21.4 Å². The van der Waals surface area contributed by atoms with Crippen LogP contribution in [-0.4, -0.2) is 9.55 Å². The number of imidazole rings is 1. The van der Waals surface area contributed by atoms with E-state index >= 15 is 0 Å². The van der Waals surface area contributed by atoms with Gasteiger partial charge in [-0.2, -0.15) is 0 Å². The lowest BCUT2D eigenvalue weighted by molar-refractivity contribution is 0.461. The van der Waals surface area contributed by atoms with Crippen LogP contribution in [0.25, 0.3) is 11.0 Å². The Labute approximate surface area is 121 Å². The molecule has 5 heteroatoms. The summed E-state index contributed by atoms with van der Waals surface area (Å²) in [6.45, 7) is 4.98. The molecule has 1 fully saturated rings. The molecule has 102 valence electrons. The van der Waals surface area contributed by atoms with Crippen LogP contribution in [0.4, 0.5) is 4.39 Å². The largest absolute Gasteiger partial charge is 0.326 e. The van der Waals surface area contributed by atoms with Crippen LogP contribution in [0.3, 0.4) is 0 Å². The normalized spacial score (nSPS) is 18.8. The van der Waals surface area contributed by atoms with Crippen molar-refractivity contribution in [3.8, 4) is 0 Å². The average Bonchev–Trinajstić information content (AvgIpc) is 2.96. The molecule has 2 aromatic rings. The van der Waals surface area contributed by atoms with E-state index in [1.165, 1.54) is 18.9 Å². The zero-order valence-corrected chi connectivity index (χ0v) is 12.4. The smallest absolute Gasteiger partial charge is 0.144 e. The second-order valence-corrected chi connectivity index (χ2v) is 6.80. The van der Waals surface area contributed by atoms with Crippen molar-refractivity contribution in [3.05, 3.63) is 28.8 Å². The molecular weight excluding hydrogens is 286 g/mol. The van der Waals surface area contributed by atoms with E-state index in [2.05, 4.69) is 16.5 Å². The van der Waals surface area contributed by atoms with Gasteiger partial charge in [0.2, 0.25) is 0 Å². The van der Waals surface area contributed by atoms with Crippen molar-refractivity contribution in [3.63, 3.8) is 0 Å². The Morgan fingerprint density at radius 3 is 2.74 bits per heavy atom. The fraction of sp³-hybridized carbons (Fsp3) is 0.500. The van der Waals surface area contributed by atoms with Crippen molar-refractivity contribution in [1.82, 2.24) is 9.55 Å². The van der Waals surface area contributed by atoms with E-state index in [0.717, 1.165) is 17.9 Å². The van der Waals surface area contributed by atoms with Gasteiger partial charge in [0.1, 0.15) is 11.6 Å². The van der Waals surface area contributed by atoms with Crippen LogP contribution in [0.1, 0.15) is 37.9 Å². The number of benzene rings is 1. The fourth-order valence-electron chi connectivity index (χ4n) is 2.36. The maximum absolute atomic E-state index is 13.5. The number of nitrogens with zero attached hydrogens (tertiary/aromatic N) is 2. The molecule has 0 N–H and O–H groups in total. The monoisotopic (exact) mass is 300 g/mol. The molecule has 1 saturated carbocycles. The highest BCUT2D eigenvalue weighted by Gasteiger charge is 2.38. The molecule has 0 aliphatic heterocycles.